The number of hydrogen-bond donors (Lipinski definition) is 1. The predicted molar refractivity (Wildman–Crippen MR) is 140 cm³/mol. The van der Waals surface area contributed by atoms with Gasteiger partial charge in [-0.15, -0.1) is 0 Å². The highest BCUT2D eigenvalue weighted by Crippen LogP contribution is 2.23. The summed E-state index contributed by atoms with van der Waals surface area (Å²) in [5.41, 5.74) is 4.78. The Labute approximate surface area is 206 Å². The second-order valence-electron chi connectivity index (χ2n) is 10.9. The molecule has 4 nitrogen and oxygen atoms in total. The van der Waals surface area contributed by atoms with Gasteiger partial charge in [-0.1, -0.05) is 94.6 Å². The molecule has 0 spiro atoms. The molecule has 4 heteroatoms. The summed E-state index contributed by atoms with van der Waals surface area (Å²) in [6.45, 7) is 11.1. The second-order valence-corrected chi connectivity index (χ2v) is 10.9. The van der Waals surface area contributed by atoms with E-state index in [0.29, 0.717) is 25.8 Å². The molecule has 1 atom stereocenters. The molecule has 0 heterocycles. The number of hydrogen-bond acceptors (Lipinski definition) is 2. The smallest absolute Gasteiger partial charge is 0.243 e. The maximum absolute atomic E-state index is 13.5. The van der Waals surface area contributed by atoms with Gasteiger partial charge in [-0.05, 0) is 54.7 Å². The van der Waals surface area contributed by atoms with E-state index < -0.39 is 6.04 Å². The van der Waals surface area contributed by atoms with Gasteiger partial charge in [-0.3, -0.25) is 9.59 Å². The molecule has 1 saturated carbocycles. The fourth-order valence-corrected chi connectivity index (χ4v) is 4.86. The number of aryl methyl sites for hydroxylation is 2. The molecule has 0 aliphatic heterocycles. The molecule has 3 rings (SSSR count). The topological polar surface area (TPSA) is 49.4 Å². The van der Waals surface area contributed by atoms with Gasteiger partial charge < -0.3 is 10.2 Å². The summed E-state index contributed by atoms with van der Waals surface area (Å²) in [4.78, 5) is 28.6. The summed E-state index contributed by atoms with van der Waals surface area (Å²) < 4.78 is 0. The number of rotatable bonds is 9. The zero-order valence-electron chi connectivity index (χ0n) is 21.7. The minimum atomic E-state index is -0.447. The zero-order valence-corrected chi connectivity index (χ0v) is 21.7. The lowest BCUT2D eigenvalue weighted by Crippen LogP contribution is -2.51. The normalized spacial score (nSPS) is 15.2. The molecule has 2 amide bonds. The van der Waals surface area contributed by atoms with Crippen molar-refractivity contribution in [2.24, 2.45) is 0 Å². The monoisotopic (exact) mass is 462 g/mol. The van der Waals surface area contributed by atoms with E-state index in [1.54, 1.807) is 0 Å². The van der Waals surface area contributed by atoms with Crippen LogP contribution in [0.5, 0.6) is 0 Å². The van der Waals surface area contributed by atoms with Gasteiger partial charge in [0.15, 0.2) is 0 Å². The molecule has 2 aromatic carbocycles. The van der Waals surface area contributed by atoms with Crippen LogP contribution in [0.1, 0.15) is 88.5 Å². The summed E-state index contributed by atoms with van der Waals surface area (Å²) >= 11 is 0. The average Bonchev–Trinajstić information content (AvgIpc) is 3.30. The van der Waals surface area contributed by atoms with E-state index in [1.807, 2.05) is 24.0 Å². The van der Waals surface area contributed by atoms with Crippen LogP contribution in [0.25, 0.3) is 0 Å². The Balaban J connectivity index is 1.74. The molecule has 0 saturated heterocycles. The average molecular weight is 463 g/mol. The van der Waals surface area contributed by atoms with Crippen LogP contribution in [-0.4, -0.2) is 28.8 Å². The van der Waals surface area contributed by atoms with Gasteiger partial charge in [0.25, 0.3) is 0 Å². The van der Waals surface area contributed by atoms with E-state index >= 15 is 0 Å². The quantitative estimate of drug-likeness (QED) is 0.490. The van der Waals surface area contributed by atoms with Gasteiger partial charge in [0.2, 0.25) is 11.8 Å². The lowest BCUT2D eigenvalue weighted by Gasteiger charge is -2.31. The SMILES string of the molecule is CCC(C(=O)NC1CCCC1)N(Cc1cccc(C)c1)C(=O)CCc1ccc(C(C)(C)C)cc1. The van der Waals surface area contributed by atoms with E-state index in [0.717, 1.165) is 29.5 Å². The molecule has 2 aromatic rings. The molecule has 1 unspecified atom stereocenters. The minimum Gasteiger partial charge on any atom is -0.352 e. The first-order chi connectivity index (χ1) is 16.2. The largest absolute Gasteiger partial charge is 0.352 e. The Kier molecular flexibility index (Phi) is 8.93. The highest BCUT2D eigenvalue weighted by Gasteiger charge is 2.30. The third kappa shape index (κ3) is 7.19. The molecule has 1 fully saturated rings. The molecule has 0 radical (unpaired) electrons. The zero-order chi connectivity index (χ0) is 24.7. The molecule has 1 N–H and O–H groups in total. The Bertz CT molecular complexity index is 953. The van der Waals surface area contributed by atoms with Crippen molar-refractivity contribution < 1.29 is 9.59 Å². The number of nitrogens with one attached hydrogen (secondary N) is 1. The van der Waals surface area contributed by atoms with Crippen molar-refractivity contribution in [1.29, 1.82) is 0 Å². The number of carbonyl (C=O) groups is 2. The van der Waals surface area contributed by atoms with Gasteiger partial charge in [-0.25, -0.2) is 0 Å². The maximum atomic E-state index is 13.5. The van der Waals surface area contributed by atoms with Crippen molar-refractivity contribution in [3.8, 4) is 0 Å². The Morgan fingerprint density at radius 3 is 2.29 bits per heavy atom. The lowest BCUT2D eigenvalue weighted by molar-refractivity contribution is -0.141. The molecule has 0 aromatic heterocycles. The van der Waals surface area contributed by atoms with Crippen LogP contribution in [0.2, 0.25) is 0 Å². The van der Waals surface area contributed by atoms with Crippen LogP contribution in [0.15, 0.2) is 48.5 Å². The maximum Gasteiger partial charge on any atom is 0.243 e. The van der Waals surface area contributed by atoms with Crippen LogP contribution in [0, 0.1) is 6.92 Å². The van der Waals surface area contributed by atoms with Crippen molar-refractivity contribution in [2.45, 2.75) is 104 Å². The summed E-state index contributed by atoms with van der Waals surface area (Å²) in [6, 6.07) is 16.6. The van der Waals surface area contributed by atoms with Crippen LogP contribution >= 0.6 is 0 Å². The van der Waals surface area contributed by atoms with Gasteiger partial charge in [0.1, 0.15) is 6.04 Å². The fourth-order valence-electron chi connectivity index (χ4n) is 4.86. The standard InChI is InChI=1S/C30H42N2O2/c1-6-27(29(34)31-26-12-7-8-13-26)32(21-24-11-9-10-22(2)20-24)28(33)19-16-23-14-17-25(18-15-23)30(3,4)5/h9-11,14-15,17-18,20,26-27H,6-8,12-13,16,19,21H2,1-5H3,(H,31,34). The number of nitrogens with zero attached hydrogens (tertiary/aromatic N) is 1. The van der Waals surface area contributed by atoms with Crippen LogP contribution in [0.4, 0.5) is 0 Å². The van der Waals surface area contributed by atoms with E-state index in [-0.39, 0.29) is 23.3 Å². The third-order valence-corrected chi connectivity index (χ3v) is 6.97. The van der Waals surface area contributed by atoms with Gasteiger partial charge in [0.05, 0.1) is 0 Å². The molecule has 1 aliphatic carbocycles. The number of amides is 2. The summed E-state index contributed by atoms with van der Waals surface area (Å²) in [5, 5.41) is 3.22. The van der Waals surface area contributed by atoms with Crippen LogP contribution in [0.3, 0.4) is 0 Å². The van der Waals surface area contributed by atoms with Crippen LogP contribution < -0.4 is 5.32 Å². The molecule has 34 heavy (non-hydrogen) atoms. The lowest BCUT2D eigenvalue weighted by atomic mass is 9.86. The predicted octanol–water partition coefficient (Wildman–Crippen LogP) is 6.09. The molecule has 0 bridgehead atoms. The van der Waals surface area contributed by atoms with Gasteiger partial charge >= 0.3 is 0 Å². The Morgan fingerprint density at radius 1 is 1.03 bits per heavy atom. The minimum absolute atomic E-state index is 0.00932. The van der Waals surface area contributed by atoms with Crippen molar-refractivity contribution in [2.75, 3.05) is 0 Å². The molecule has 1 aliphatic rings. The summed E-state index contributed by atoms with van der Waals surface area (Å²) in [6.07, 6.45) is 6.10. The van der Waals surface area contributed by atoms with E-state index in [2.05, 4.69) is 69.4 Å². The number of benzene rings is 2. The first kappa shape index (κ1) is 26.0. The first-order valence-electron chi connectivity index (χ1n) is 12.9. The van der Waals surface area contributed by atoms with Crippen molar-refractivity contribution in [1.82, 2.24) is 10.2 Å². The van der Waals surface area contributed by atoms with Crippen molar-refractivity contribution in [3.05, 3.63) is 70.8 Å². The fraction of sp³-hybridized carbons (Fsp3) is 0.533. The third-order valence-electron chi connectivity index (χ3n) is 6.97. The summed E-state index contributed by atoms with van der Waals surface area (Å²) in [5.74, 6) is 0.0276. The van der Waals surface area contributed by atoms with E-state index in [1.165, 1.54) is 18.4 Å². The molecule has 184 valence electrons. The van der Waals surface area contributed by atoms with Crippen molar-refractivity contribution in [3.63, 3.8) is 0 Å². The number of carbonyl (C=O) groups excluding carboxylic acids is 2. The van der Waals surface area contributed by atoms with Crippen LogP contribution in [-0.2, 0) is 28.0 Å². The van der Waals surface area contributed by atoms with E-state index in [4.69, 9.17) is 0 Å². The van der Waals surface area contributed by atoms with Gasteiger partial charge in [0, 0.05) is 19.0 Å². The molecular weight excluding hydrogens is 420 g/mol. The van der Waals surface area contributed by atoms with Gasteiger partial charge in [-0.2, -0.15) is 0 Å². The Hall–Kier alpha value is -2.62. The summed E-state index contributed by atoms with van der Waals surface area (Å²) in [7, 11) is 0. The second kappa shape index (κ2) is 11.7. The highest BCUT2D eigenvalue weighted by molar-refractivity contribution is 5.88. The van der Waals surface area contributed by atoms with E-state index in [9.17, 15) is 9.59 Å². The Morgan fingerprint density at radius 2 is 1.71 bits per heavy atom. The highest BCUT2D eigenvalue weighted by atomic mass is 16.2. The first-order valence-corrected chi connectivity index (χ1v) is 12.9. The van der Waals surface area contributed by atoms with Crippen molar-refractivity contribution >= 4 is 11.8 Å². The molecular formula is C30H42N2O2.